The lowest BCUT2D eigenvalue weighted by Gasteiger charge is -2.16. The molecule has 0 amide bonds. The standard InChI is InChI=1S/C11H14N2.ClH/c1-8(2)11(13)10-6-4-3-5-9(10)7-12;/h3-6,8,11H,13H2,1-2H3;1H/t11-;/m0./s1. The summed E-state index contributed by atoms with van der Waals surface area (Å²) >= 11 is 0. The monoisotopic (exact) mass is 210 g/mol. The second kappa shape index (κ2) is 5.64. The minimum Gasteiger partial charge on any atom is -0.324 e. The molecule has 0 aromatic heterocycles. The van der Waals surface area contributed by atoms with E-state index >= 15 is 0 Å². The molecular weight excluding hydrogens is 196 g/mol. The highest BCUT2D eigenvalue weighted by Gasteiger charge is 2.13. The molecule has 1 aromatic carbocycles. The van der Waals surface area contributed by atoms with Gasteiger partial charge in [0.05, 0.1) is 11.6 Å². The summed E-state index contributed by atoms with van der Waals surface area (Å²) in [6.07, 6.45) is 0. The average Bonchev–Trinajstić information content (AvgIpc) is 2.16. The largest absolute Gasteiger partial charge is 0.324 e. The van der Waals surface area contributed by atoms with Crippen LogP contribution in [0.3, 0.4) is 0 Å². The summed E-state index contributed by atoms with van der Waals surface area (Å²) in [5, 5.41) is 8.84. The first-order valence-corrected chi connectivity index (χ1v) is 4.41. The molecule has 1 rings (SSSR count). The van der Waals surface area contributed by atoms with Crippen LogP contribution in [0.2, 0.25) is 0 Å². The Bertz CT molecular complexity index is 328. The van der Waals surface area contributed by atoms with Gasteiger partial charge in [-0.15, -0.1) is 12.4 Å². The van der Waals surface area contributed by atoms with Crippen molar-refractivity contribution in [2.24, 2.45) is 11.7 Å². The van der Waals surface area contributed by atoms with Crippen molar-refractivity contribution in [2.45, 2.75) is 19.9 Å². The van der Waals surface area contributed by atoms with Crippen LogP contribution >= 0.6 is 12.4 Å². The molecule has 1 atom stereocenters. The summed E-state index contributed by atoms with van der Waals surface area (Å²) in [7, 11) is 0. The van der Waals surface area contributed by atoms with Crippen molar-refractivity contribution in [1.82, 2.24) is 0 Å². The molecule has 0 spiro atoms. The SMILES string of the molecule is CC(C)[C@H](N)c1ccccc1C#N.Cl. The van der Waals surface area contributed by atoms with Gasteiger partial charge in [-0.3, -0.25) is 0 Å². The third kappa shape index (κ3) is 2.73. The lowest BCUT2D eigenvalue weighted by atomic mass is 9.93. The molecule has 0 saturated carbocycles. The van der Waals surface area contributed by atoms with Crippen molar-refractivity contribution in [3.05, 3.63) is 35.4 Å². The van der Waals surface area contributed by atoms with Gasteiger partial charge in [-0.1, -0.05) is 32.0 Å². The lowest BCUT2D eigenvalue weighted by Crippen LogP contribution is -2.17. The first kappa shape index (κ1) is 13.0. The fourth-order valence-corrected chi connectivity index (χ4v) is 1.25. The minimum atomic E-state index is -0.0455. The normalized spacial score (nSPS) is 11.6. The molecule has 0 aliphatic carbocycles. The van der Waals surface area contributed by atoms with E-state index in [0.29, 0.717) is 11.5 Å². The van der Waals surface area contributed by atoms with Crippen molar-refractivity contribution < 1.29 is 0 Å². The molecule has 0 fully saturated rings. The topological polar surface area (TPSA) is 49.8 Å². The maximum Gasteiger partial charge on any atom is 0.0995 e. The summed E-state index contributed by atoms with van der Waals surface area (Å²) in [6, 6.07) is 9.60. The van der Waals surface area contributed by atoms with E-state index in [2.05, 4.69) is 19.9 Å². The molecule has 0 saturated heterocycles. The van der Waals surface area contributed by atoms with Crippen molar-refractivity contribution in [1.29, 1.82) is 5.26 Å². The summed E-state index contributed by atoms with van der Waals surface area (Å²) in [5.41, 5.74) is 7.59. The summed E-state index contributed by atoms with van der Waals surface area (Å²) in [6.45, 7) is 4.11. The van der Waals surface area contributed by atoms with Crippen molar-refractivity contribution in [3.8, 4) is 6.07 Å². The lowest BCUT2D eigenvalue weighted by molar-refractivity contribution is 0.513. The Kier molecular flexibility index (Phi) is 5.22. The molecule has 0 heterocycles. The predicted octanol–water partition coefficient (Wildman–Crippen LogP) is 2.64. The maximum atomic E-state index is 8.84. The van der Waals surface area contributed by atoms with Gasteiger partial charge in [-0.2, -0.15) is 5.26 Å². The van der Waals surface area contributed by atoms with Gasteiger partial charge >= 0.3 is 0 Å². The van der Waals surface area contributed by atoms with Crippen LogP contribution in [0.4, 0.5) is 0 Å². The number of halogens is 1. The highest BCUT2D eigenvalue weighted by Crippen LogP contribution is 2.21. The fourth-order valence-electron chi connectivity index (χ4n) is 1.25. The highest BCUT2D eigenvalue weighted by atomic mass is 35.5. The molecule has 14 heavy (non-hydrogen) atoms. The van der Waals surface area contributed by atoms with Crippen molar-refractivity contribution in [2.75, 3.05) is 0 Å². The van der Waals surface area contributed by atoms with E-state index in [0.717, 1.165) is 5.56 Å². The molecule has 2 nitrogen and oxygen atoms in total. The second-order valence-electron chi connectivity index (χ2n) is 3.47. The first-order valence-electron chi connectivity index (χ1n) is 4.41. The van der Waals surface area contributed by atoms with Crippen LogP contribution in [-0.2, 0) is 0 Å². The summed E-state index contributed by atoms with van der Waals surface area (Å²) < 4.78 is 0. The van der Waals surface area contributed by atoms with Crippen LogP contribution in [-0.4, -0.2) is 0 Å². The molecule has 0 bridgehead atoms. The van der Waals surface area contributed by atoms with Crippen molar-refractivity contribution in [3.63, 3.8) is 0 Å². The highest BCUT2D eigenvalue weighted by molar-refractivity contribution is 5.85. The number of rotatable bonds is 2. The Morgan fingerprint density at radius 2 is 1.86 bits per heavy atom. The van der Waals surface area contributed by atoms with E-state index in [9.17, 15) is 0 Å². The quantitative estimate of drug-likeness (QED) is 0.816. The molecule has 1 aromatic rings. The smallest absolute Gasteiger partial charge is 0.0995 e. The summed E-state index contributed by atoms with van der Waals surface area (Å²) in [4.78, 5) is 0. The summed E-state index contributed by atoms with van der Waals surface area (Å²) in [5.74, 6) is 0.356. The average molecular weight is 211 g/mol. The Morgan fingerprint density at radius 1 is 1.29 bits per heavy atom. The van der Waals surface area contributed by atoms with Crippen LogP contribution < -0.4 is 5.73 Å². The van der Waals surface area contributed by atoms with Crippen LogP contribution in [0.25, 0.3) is 0 Å². The van der Waals surface area contributed by atoms with Gasteiger partial charge in [0, 0.05) is 6.04 Å². The molecule has 0 radical (unpaired) electrons. The van der Waals surface area contributed by atoms with E-state index in [1.165, 1.54) is 0 Å². The zero-order valence-electron chi connectivity index (χ0n) is 8.40. The van der Waals surface area contributed by atoms with Gasteiger partial charge in [0.1, 0.15) is 0 Å². The van der Waals surface area contributed by atoms with E-state index < -0.39 is 0 Å². The third-order valence-corrected chi connectivity index (χ3v) is 2.16. The van der Waals surface area contributed by atoms with E-state index in [-0.39, 0.29) is 18.4 Å². The van der Waals surface area contributed by atoms with Gasteiger partial charge in [0.25, 0.3) is 0 Å². The molecule has 0 unspecified atom stereocenters. The van der Waals surface area contributed by atoms with E-state index in [1.54, 1.807) is 6.07 Å². The Morgan fingerprint density at radius 3 is 2.36 bits per heavy atom. The minimum absolute atomic E-state index is 0. The Balaban J connectivity index is 0.00000169. The number of hydrogen-bond acceptors (Lipinski definition) is 2. The number of nitrogens with zero attached hydrogens (tertiary/aromatic N) is 1. The Hall–Kier alpha value is -1.04. The van der Waals surface area contributed by atoms with E-state index in [1.807, 2.05) is 18.2 Å². The van der Waals surface area contributed by atoms with Gasteiger partial charge in [0.15, 0.2) is 0 Å². The van der Waals surface area contributed by atoms with Gasteiger partial charge in [-0.25, -0.2) is 0 Å². The number of hydrogen-bond donors (Lipinski definition) is 1. The van der Waals surface area contributed by atoms with Crippen LogP contribution in [0.1, 0.15) is 31.0 Å². The Labute approximate surface area is 91.1 Å². The van der Waals surface area contributed by atoms with E-state index in [4.69, 9.17) is 11.0 Å². The third-order valence-electron chi connectivity index (χ3n) is 2.16. The molecule has 0 aliphatic rings. The molecule has 0 aliphatic heterocycles. The van der Waals surface area contributed by atoms with Crippen molar-refractivity contribution >= 4 is 12.4 Å². The fraction of sp³-hybridized carbons (Fsp3) is 0.364. The van der Waals surface area contributed by atoms with Gasteiger partial charge < -0.3 is 5.73 Å². The number of nitrogens with two attached hydrogens (primary N) is 1. The van der Waals surface area contributed by atoms with Crippen LogP contribution in [0, 0.1) is 17.2 Å². The number of nitriles is 1. The number of benzene rings is 1. The second-order valence-corrected chi connectivity index (χ2v) is 3.47. The van der Waals surface area contributed by atoms with Crippen LogP contribution in [0.5, 0.6) is 0 Å². The van der Waals surface area contributed by atoms with Gasteiger partial charge in [-0.05, 0) is 17.5 Å². The predicted molar refractivity (Wildman–Crippen MR) is 60.2 cm³/mol. The molecule has 3 heteroatoms. The molecule has 76 valence electrons. The maximum absolute atomic E-state index is 8.84. The first-order chi connectivity index (χ1) is 6.16. The molecule has 2 N–H and O–H groups in total. The van der Waals surface area contributed by atoms with Crippen LogP contribution in [0.15, 0.2) is 24.3 Å². The van der Waals surface area contributed by atoms with Gasteiger partial charge in [0.2, 0.25) is 0 Å². The zero-order valence-corrected chi connectivity index (χ0v) is 9.21. The zero-order chi connectivity index (χ0) is 9.84. The molecular formula is C11H15ClN2.